The number of ether oxygens (including phenoxy) is 1. The molecule has 3 rings (SSSR count). The zero-order valence-corrected chi connectivity index (χ0v) is 16.2. The maximum atomic E-state index is 12.1. The van der Waals surface area contributed by atoms with E-state index in [1.807, 2.05) is 0 Å². The summed E-state index contributed by atoms with van der Waals surface area (Å²) >= 11 is 0. The molecular formula is C20H30N4O3. The van der Waals surface area contributed by atoms with E-state index in [2.05, 4.69) is 29.4 Å². The quantitative estimate of drug-likeness (QED) is 0.737. The zero-order valence-electron chi connectivity index (χ0n) is 16.2. The summed E-state index contributed by atoms with van der Waals surface area (Å²) in [5.74, 6) is -0.521. The number of carbonyl (C=O) groups excluding carboxylic acids is 2. The first-order chi connectivity index (χ1) is 12.9. The van der Waals surface area contributed by atoms with E-state index in [9.17, 15) is 9.59 Å². The minimum absolute atomic E-state index is 0.00989. The monoisotopic (exact) mass is 374 g/mol. The van der Waals surface area contributed by atoms with Crippen LogP contribution in [0, 0.1) is 0 Å². The van der Waals surface area contributed by atoms with Crippen LogP contribution in [0.25, 0.3) is 0 Å². The van der Waals surface area contributed by atoms with Crippen LogP contribution >= 0.6 is 0 Å². The Morgan fingerprint density at radius 2 is 2.04 bits per heavy atom. The highest BCUT2D eigenvalue weighted by molar-refractivity contribution is 5.95. The van der Waals surface area contributed by atoms with Crippen molar-refractivity contribution < 1.29 is 14.3 Å². The van der Waals surface area contributed by atoms with Crippen LogP contribution in [0.4, 0.5) is 10.5 Å². The van der Waals surface area contributed by atoms with E-state index in [1.54, 1.807) is 24.3 Å². The number of carbonyl (C=O) groups is 2. The average molecular weight is 374 g/mol. The van der Waals surface area contributed by atoms with Gasteiger partial charge in [-0.2, -0.15) is 0 Å². The van der Waals surface area contributed by atoms with Gasteiger partial charge in [0.1, 0.15) is 0 Å². The lowest BCUT2D eigenvalue weighted by Crippen LogP contribution is -2.47. The molecule has 2 heterocycles. The fourth-order valence-corrected chi connectivity index (χ4v) is 3.99. The number of hydrogen-bond acceptors (Lipinski definition) is 4. The van der Waals surface area contributed by atoms with Gasteiger partial charge in [-0.1, -0.05) is 6.07 Å². The van der Waals surface area contributed by atoms with Gasteiger partial charge in [0.05, 0.1) is 11.7 Å². The van der Waals surface area contributed by atoms with E-state index in [-0.39, 0.29) is 17.7 Å². The standard InChI is InChI=1S/C20H30N4O3/c1-14(2)24-10-8-20(9-11-24)7-6-17(27-20)13-22-19(26)23-16-5-3-4-15(12-16)18(21)25/h3-5,12,14,17H,6-11,13H2,1-2H3,(H2,21,25)(H2,22,23,26). The van der Waals surface area contributed by atoms with Crippen molar-refractivity contribution >= 4 is 17.6 Å². The Balaban J connectivity index is 1.44. The molecule has 3 amide bonds. The van der Waals surface area contributed by atoms with Crippen molar-refractivity contribution in [1.82, 2.24) is 10.2 Å². The third kappa shape index (κ3) is 4.99. The van der Waals surface area contributed by atoms with Crippen LogP contribution in [0.3, 0.4) is 0 Å². The van der Waals surface area contributed by atoms with Crippen LogP contribution in [0.5, 0.6) is 0 Å². The second-order valence-electron chi connectivity index (χ2n) is 7.87. The van der Waals surface area contributed by atoms with E-state index in [0.29, 0.717) is 23.8 Å². The first kappa shape index (κ1) is 19.6. The number of urea groups is 1. The highest BCUT2D eigenvalue weighted by atomic mass is 16.5. The van der Waals surface area contributed by atoms with E-state index < -0.39 is 5.91 Å². The molecule has 0 bridgehead atoms. The molecule has 0 saturated carbocycles. The summed E-state index contributed by atoms with van der Waals surface area (Å²) in [4.78, 5) is 25.8. The van der Waals surface area contributed by atoms with Crippen molar-refractivity contribution in [3.63, 3.8) is 0 Å². The Morgan fingerprint density at radius 1 is 1.30 bits per heavy atom. The zero-order chi connectivity index (χ0) is 19.4. The van der Waals surface area contributed by atoms with Gasteiger partial charge >= 0.3 is 6.03 Å². The predicted molar refractivity (Wildman–Crippen MR) is 105 cm³/mol. The van der Waals surface area contributed by atoms with Gasteiger partial charge in [0, 0.05) is 36.9 Å². The third-order valence-corrected chi connectivity index (χ3v) is 5.67. The molecule has 1 aromatic carbocycles. The van der Waals surface area contributed by atoms with Crippen LogP contribution in [-0.4, -0.2) is 54.2 Å². The van der Waals surface area contributed by atoms with Gasteiger partial charge in [-0.15, -0.1) is 0 Å². The number of nitrogens with one attached hydrogen (secondary N) is 2. The van der Waals surface area contributed by atoms with Gasteiger partial charge in [-0.25, -0.2) is 4.79 Å². The summed E-state index contributed by atoms with van der Waals surface area (Å²) in [6, 6.07) is 6.85. The molecule has 1 atom stereocenters. The number of benzene rings is 1. The third-order valence-electron chi connectivity index (χ3n) is 5.67. The maximum absolute atomic E-state index is 12.1. The number of nitrogens with zero attached hydrogens (tertiary/aromatic N) is 1. The molecule has 4 N–H and O–H groups in total. The van der Waals surface area contributed by atoms with Crippen LogP contribution in [-0.2, 0) is 4.74 Å². The van der Waals surface area contributed by atoms with Gasteiger partial charge in [0.15, 0.2) is 0 Å². The molecule has 2 aliphatic rings. The lowest BCUT2D eigenvalue weighted by atomic mass is 9.88. The molecule has 2 fully saturated rings. The molecule has 7 heteroatoms. The fraction of sp³-hybridized carbons (Fsp3) is 0.600. The lowest BCUT2D eigenvalue weighted by Gasteiger charge is -2.40. The Bertz CT molecular complexity index is 684. The molecule has 2 saturated heterocycles. The minimum Gasteiger partial charge on any atom is -0.370 e. The summed E-state index contributed by atoms with van der Waals surface area (Å²) < 4.78 is 6.34. The predicted octanol–water partition coefficient (Wildman–Crippen LogP) is 2.33. The topological polar surface area (TPSA) is 96.7 Å². The molecule has 27 heavy (non-hydrogen) atoms. The molecule has 1 aromatic rings. The SMILES string of the molecule is CC(C)N1CCC2(CCC(CNC(=O)Nc3cccc(C(N)=O)c3)O2)CC1. The van der Waals surface area contributed by atoms with Crippen LogP contribution in [0.15, 0.2) is 24.3 Å². The van der Waals surface area contributed by atoms with Gasteiger partial charge in [0.2, 0.25) is 5.91 Å². The van der Waals surface area contributed by atoms with Crippen molar-refractivity contribution in [3.05, 3.63) is 29.8 Å². The number of nitrogens with two attached hydrogens (primary N) is 1. The van der Waals surface area contributed by atoms with Gasteiger partial charge in [-0.3, -0.25) is 4.79 Å². The minimum atomic E-state index is -0.521. The average Bonchev–Trinajstić information content (AvgIpc) is 3.03. The Hall–Kier alpha value is -2.12. The highest BCUT2D eigenvalue weighted by Crippen LogP contribution is 2.39. The summed E-state index contributed by atoms with van der Waals surface area (Å²) in [5.41, 5.74) is 6.15. The molecule has 0 aromatic heterocycles. The van der Waals surface area contributed by atoms with E-state index >= 15 is 0 Å². The van der Waals surface area contributed by atoms with Crippen molar-refractivity contribution in [2.24, 2.45) is 5.73 Å². The second-order valence-corrected chi connectivity index (χ2v) is 7.87. The molecule has 1 spiro atoms. The van der Waals surface area contributed by atoms with Gasteiger partial charge < -0.3 is 26.0 Å². The summed E-state index contributed by atoms with van der Waals surface area (Å²) in [6.07, 6.45) is 4.21. The Labute approximate surface area is 160 Å². The normalized spacial score (nSPS) is 22.1. The first-order valence-electron chi connectivity index (χ1n) is 9.73. The maximum Gasteiger partial charge on any atom is 0.319 e. The van der Waals surface area contributed by atoms with Crippen molar-refractivity contribution in [2.45, 2.75) is 57.3 Å². The molecule has 1 unspecified atom stereocenters. The van der Waals surface area contributed by atoms with Gasteiger partial charge in [0.25, 0.3) is 0 Å². The smallest absolute Gasteiger partial charge is 0.319 e. The molecule has 148 valence electrons. The summed E-state index contributed by atoms with van der Waals surface area (Å²) in [7, 11) is 0. The molecule has 0 radical (unpaired) electrons. The number of rotatable bonds is 5. The van der Waals surface area contributed by atoms with Crippen LogP contribution < -0.4 is 16.4 Å². The van der Waals surface area contributed by atoms with Crippen LogP contribution in [0.1, 0.15) is 49.9 Å². The fourth-order valence-electron chi connectivity index (χ4n) is 3.99. The summed E-state index contributed by atoms with van der Waals surface area (Å²) in [5, 5.41) is 5.60. The van der Waals surface area contributed by atoms with Gasteiger partial charge in [-0.05, 0) is 57.7 Å². The lowest BCUT2D eigenvalue weighted by molar-refractivity contribution is -0.0786. The Kier molecular flexibility index (Phi) is 6.01. The van der Waals surface area contributed by atoms with Crippen molar-refractivity contribution in [2.75, 3.05) is 25.0 Å². The number of anilines is 1. The molecular weight excluding hydrogens is 344 g/mol. The summed E-state index contributed by atoms with van der Waals surface area (Å²) in [6.45, 7) is 7.11. The number of piperidine rings is 1. The van der Waals surface area contributed by atoms with E-state index in [0.717, 1.165) is 38.8 Å². The molecule has 2 aliphatic heterocycles. The second kappa shape index (κ2) is 8.27. The highest BCUT2D eigenvalue weighted by Gasteiger charge is 2.42. The largest absolute Gasteiger partial charge is 0.370 e. The number of amides is 3. The number of hydrogen-bond donors (Lipinski definition) is 3. The van der Waals surface area contributed by atoms with E-state index in [1.165, 1.54) is 0 Å². The van der Waals surface area contributed by atoms with Crippen LogP contribution in [0.2, 0.25) is 0 Å². The van der Waals surface area contributed by atoms with E-state index in [4.69, 9.17) is 10.5 Å². The first-order valence-corrected chi connectivity index (χ1v) is 9.73. The van der Waals surface area contributed by atoms with Crippen molar-refractivity contribution in [1.29, 1.82) is 0 Å². The molecule has 7 nitrogen and oxygen atoms in total. The Morgan fingerprint density at radius 3 is 2.70 bits per heavy atom. The molecule has 0 aliphatic carbocycles. The number of primary amides is 1. The number of likely N-dealkylation sites (tertiary alicyclic amines) is 1. The van der Waals surface area contributed by atoms with Crippen molar-refractivity contribution in [3.8, 4) is 0 Å².